The highest BCUT2D eigenvalue weighted by Gasteiger charge is 2.19. The summed E-state index contributed by atoms with van der Waals surface area (Å²) in [5.41, 5.74) is 0.397. The third kappa shape index (κ3) is 2.24. The van der Waals surface area contributed by atoms with E-state index in [0.29, 0.717) is 5.56 Å². The molecule has 0 aromatic heterocycles. The van der Waals surface area contributed by atoms with Gasteiger partial charge < -0.3 is 15.3 Å². The fourth-order valence-corrected chi connectivity index (χ4v) is 1.40. The number of phenolic OH excluding ortho intramolecular Hbond substituents is 2. The Labute approximate surface area is 92.0 Å². The standard InChI is InChI=1S/C11H13FO4/c1-5-3-7(4-6(2)11(15)16)8(12)10(14)9(5)13/h3,6,13-14H,4H2,1-2H3,(H,15,16). The van der Waals surface area contributed by atoms with Crippen molar-refractivity contribution in [3.63, 3.8) is 0 Å². The number of carbonyl (C=O) groups is 1. The van der Waals surface area contributed by atoms with Crippen molar-refractivity contribution in [1.82, 2.24) is 0 Å². The summed E-state index contributed by atoms with van der Waals surface area (Å²) >= 11 is 0. The summed E-state index contributed by atoms with van der Waals surface area (Å²) in [5, 5.41) is 27.2. The number of aliphatic carboxylic acids is 1. The van der Waals surface area contributed by atoms with E-state index in [4.69, 9.17) is 5.11 Å². The number of benzene rings is 1. The molecule has 5 heteroatoms. The van der Waals surface area contributed by atoms with Gasteiger partial charge in [0.05, 0.1) is 5.92 Å². The van der Waals surface area contributed by atoms with Crippen molar-refractivity contribution in [2.45, 2.75) is 20.3 Å². The molecule has 4 nitrogen and oxygen atoms in total. The summed E-state index contributed by atoms with van der Waals surface area (Å²) in [5.74, 6) is -4.09. The second-order valence-corrected chi connectivity index (χ2v) is 3.81. The first-order valence-electron chi connectivity index (χ1n) is 4.77. The molecule has 0 radical (unpaired) electrons. The molecule has 0 spiro atoms. The van der Waals surface area contributed by atoms with Gasteiger partial charge in [0.2, 0.25) is 0 Å². The van der Waals surface area contributed by atoms with Crippen LogP contribution in [0.25, 0.3) is 0 Å². The first-order chi connectivity index (χ1) is 7.34. The molecule has 0 bridgehead atoms. The minimum absolute atomic E-state index is 0.0319. The van der Waals surface area contributed by atoms with Gasteiger partial charge in [-0.25, -0.2) is 4.39 Å². The van der Waals surface area contributed by atoms with Crippen LogP contribution in [0.5, 0.6) is 11.5 Å². The van der Waals surface area contributed by atoms with Crippen LogP contribution in [0.3, 0.4) is 0 Å². The first-order valence-corrected chi connectivity index (χ1v) is 4.77. The number of carboxylic acids is 1. The Hall–Kier alpha value is -1.78. The smallest absolute Gasteiger partial charge is 0.306 e. The Kier molecular flexibility index (Phi) is 3.37. The van der Waals surface area contributed by atoms with Gasteiger partial charge in [-0.3, -0.25) is 4.79 Å². The zero-order chi connectivity index (χ0) is 12.5. The number of phenols is 2. The van der Waals surface area contributed by atoms with Gasteiger partial charge >= 0.3 is 5.97 Å². The SMILES string of the molecule is Cc1cc(CC(C)C(=O)O)c(F)c(O)c1O. The number of aryl methyl sites for hydroxylation is 1. The summed E-state index contributed by atoms with van der Waals surface area (Å²) in [7, 11) is 0. The van der Waals surface area contributed by atoms with Crippen LogP contribution in [0.15, 0.2) is 6.07 Å². The lowest BCUT2D eigenvalue weighted by atomic mass is 9.98. The molecule has 0 saturated heterocycles. The molecule has 0 aliphatic heterocycles. The van der Waals surface area contributed by atoms with E-state index in [9.17, 15) is 19.4 Å². The summed E-state index contributed by atoms with van der Waals surface area (Å²) in [6, 6.07) is 1.34. The topological polar surface area (TPSA) is 77.8 Å². The first kappa shape index (κ1) is 12.3. The molecule has 0 heterocycles. The third-order valence-electron chi connectivity index (χ3n) is 2.43. The largest absolute Gasteiger partial charge is 0.504 e. The van der Waals surface area contributed by atoms with E-state index in [1.165, 1.54) is 19.9 Å². The van der Waals surface area contributed by atoms with Gasteiger partial charge in [0.15, 0.2) is 17.3 Å². The zero-order valence-electron chi connectivity index (χ0n) is 8.99. The number of hydrogen-bond acceptors (Lipinski definition) is 3. The third-order valence-corrected chi connectivity index (χ3v) is 2.43. The van der Waals surface area contributed by atoms with Crippen molar-refractivity contribution in [1.29, 1.82) is 0 Å². The van der Waals surface area contributed by atoms with Gasteiger partial charge in [-0.15, -0.1) is 0 Å². The fourth-order valence-electron chi connectivity index (χ4n) is 1.40. The van der Waals surface area contributed by atoms with Crippen LogP contribution in [-0.4, -0.2) is 21.3 Å². The molecule has 0 saturated carbocycles. The van der Waals surface area contributed by atoms with Crippen molar-refractivity contribution in [3.8, 4) is 11.5 Å². The van der Waals surface area contributed by atoms with Crippen LogP contribution < -0.4 is 0 Å². The molecule has 0 aliphatic carbocycles. The Morgan fingerprint density at radius 1 is 1.44 bits per heavy atom. The predicted octanol–water partition coefficient (Wildman–Crippen LogP) is 1.81. The molecular formula is C11H13FO4. The van der Waals surface area contributed by atoms with E-state index >= 15 is 0 Å². The molecule has 1 aromatic rings. The van der Waals surface area contributed by atoms with Crippen molar-refractivity contribution in [2.75, 3.05) is 0 Å². The minimum Gasteiger partial charge on any atom is -0.504 e. The zero-order valence-corrected chi connectivity index (χ0v) is 8.99. The Balaban J connectivity index is 3.11. The summed E-state index contributed by atoms with van der Waals surface area (Å²) < 4.78 is 13.5. The van der Waals surface area contributed by atoms with Gasteiger partial charge in [-0.05, 0) is 30.5 Å². The van der Waals surface area contributed by atoms with Crippen LogP contribution in [0.1, 0.15) is 18.1 Å². The van der Waals surface area contributed by atoms with E-state index in [1.54, 1.807) is 0 Å². The minimum atomic E-state index is -1.04. The molecule has 1 aromatic carbocycles. The maximum absolute atomic E-state index is 13.5. The lowest BCUT2D eigenvalue weighted by molar-refractivity contribution is -0.141. The number of carboxylic acid groups (broad SMARTS) is 1. The highest BCUT2D eigenvalue weighted by Crippen LogP contribution is 2.34. The molecule has 1 unspecified atom stereocenters. The monoisotopic (exact) mass is 228 g/mol. The van der Waals surface area contributed by atoms with Crippen molar-refractivity contribution in [2.24, 2.45) is 5.92 Å². The van der Waals surface area contributed by atoms with Crippen LogP contribution in [0.4, 0.5) is 4.39 Å². The van der Waals surface area contributed by atoms with Crippen molar-refractivity contribution < 1.29 is 24.5 Å². The quantitative estimate of drug-likeness (QED) is 0.689. The van der Waals surface area contributed by atoms with Gasteiger partial charge in [0.1, 0.15) is 0 Å². The van der Waals surface area contributed by atoms with E-state index < -0.39 is 29.2 Å². The van der Waals surface area contributed by atoms with Crippen LogP contribution in [0.2, 0.25) is 0 Å². The molecule has 0 fully saturated rings. The molecule has 1 rings (SSSR count). The van der Waals surface area contributed by atoms with Crippen molar-refractivity contribution >= 4 is 5.97 Å². The van der Waals surface area contributed by atoms with Crippen LogP contribution in [-0.2, 0) is 11.2 Å². The van der Waals surface area contributed by atoms with E-state index in [0.717, 1.165) is 0 Å². The number of halogens is 1. The molecule has 0 aliphatic rings. The highest BCUT2D eigenvalue weighted by atomic mass is 19.1. The van der Waals surface area contributed by atoms with E-state index in [-0.39, 0.29) is 12.0 Å². The second kappa shape index (κ2) is 4.38. The maximum atomic E-state index is 13.5. The lowest BCUT2D eigenvalue weighted by Gasteiger charge is -2.11. The maximum Gasteiger partial charge on any atom is 0.306 e. The normalized spacial score (nSPS) is 12.4. The van der Waals surface area contributed by atoms with Gasteiger partial charge in [-0.1, -0.05) is 6.92 Å². The van der Waals surface area contributed by atoms with Crippen molar-refractivity contribution in [3.05, 3.63) is 23.0 Å². The average Bonchev–Trinajstić information content (AvgIpc) is 2.22. The fraction of sp³-hybridized carbons (Fsp3) is 0.364. The molecule has 16 heavy (non-hydrogen) atoms. The summed E-state index contributed by atoms with van der Waals surface area (Å²) in [6.07, 6.45) is -0.0319. The molecule has 0 amide bonds. The number of rotatable bonds is 3. The molecular weight excluding hydrogens is 215 g/mol. The van der Waals surface area contributed by atoms with Gasteiger partial charge in [0.25, 0.3) is 0 Å². The number of hydrogen-bond donors (Lipinski definition) is 3. The Morgan fingerprint density at radius 2 is 2.00 bits per heavy atom. The molecule has 88 valence electrons. The molecule has 1 atom stereocenters. The van der Waals surface area contributed by atoms with E-state index in [2.05, 4.69) is 0 Å². The number of aromatic hydroxyl groups is 2. The second-order valence-electron chi connectivity index (χ2n) is 3.81. The van der Waals surface area contributed by atoms with Crippen LogP contribution >= 0.6 is 0 Å². The molecule has 3 N–H and O–H groups in total. The van der Waals surface area contributed by atoms with Gasteiger partial charge in [0, 0.05) is 0 Å². The lowest BCUT2D eigenvalue weighted by Crippen LogP contribution is -2.13. The Bertz CT molecular complexity index is 428. The van der Waals surface area contributed by atoms with E-state index in [1.807, 2.05) is 0 Å². The summed E-state index contributed by atoms with van der Waals surface area (Å²) in [4.78, 5) is 10.6. The Morgan fingerprint density at radius 3 is 2.50 bits per heavy atom. The highest BCUT2D eigenvalue weighted by molar-refractivity contribution is 5.70. The van der Waals surface area contributed by atoms with Gasteiger partial charge in [-0.2, -0.15) is 0 Å². The average molecular weight is 228 g/mol. The van der Waals surface area contributed by atoms with Crippen LogP contribution in [0, 0.1) is 18.7 Å². The predicted molar refractivity (Wildman–Crippen MR) is 55.0 cm³/mol. The summed E-state index contributed by atoms with van der Waals surface area (Å²) in [6.45, 7) is 2.95.